The SMILES string of the molecule is CCC(C)Cc1nnc(NC(C)=O)s1. The van der Waals surface area contributed by atoms with Crippen molar-refractivity contribution in [1.29, 1.82) is 0 Å². The van der Waals surface area contributed by atoms with E-state index in [1.165, 1.54) is 18.3 Å². The minimum atomic E-state index is -0.101. The van der Waals surface area contributed by atoms with Gasteiger partial charge in [-0.25, -0.2) is 0 Å². The molecule has 1 aromatic rings. The average molecular weight is 213 g/mol. The highest BCUT2D eigenvalue weighted by molar-refractivity contribution is 7.15. The van der Waals surface area contributed by atoms with Gasteiger partial charge in [0.15, 0.2) is 0 Å². The maximum atomic E-state index is 10.7. The molecule has 78 valence electrons. The van der Waals surface area contributed by atoms with Gasteiger partial charge in [-0.3, -0.25) is 4.79 Å². The lowest BCUT2D eigenvalue weighted by Gasteiger charge is -2.02. The highest BCUT2D eigenvalue weighted by Crippen LogP contribution is 2.19. The molecule has 0 fully saturated rings. The van der Waals surface area contributed by atoms with Gasteiger partial charge in [0, 0.05) is 13.3 Å². The molecule has 1 amide bonds. The first kappa shape index (κ1) is 11.1. The molecule has 0 saturated carbocycles. The summed E-state index contributed by atoms with van der Waals surface area (Å²) in [6, 6.07) is 0. The van der Waals surface area contributed by atoms with E-state index in [-0.39, 0.29) is 5.91 Å². The van der Waals surface area contributed by atoms with Crippen molar-refractivity contribution < 1.29 is 4.79 Å². The third-order valence-corrected chi connectivity index (χ3v) is 2.83. The Kier molecular flexibility index (Phi) is 4.00. The lowest BCUT2D eigenvalue weighted by molar-refractivity contribution is -0.114. The Hall–Kier alpha value is -0.970. The Morgan fingerprint density at radius 2 is 2.29 bits per heavy atom. The van der Waals surface area contributed by atoms with Gasteiger partial charge >= 0.3 is 0 Å². The van der Waals surface area contributed by atoms with Crippen LogP contribution in [-0.2, 0) is 11.2 Å². The first-order valence-corrected chi connectivity index (χ1v) is 5.53. The van der Waals surface area contributed by atoms with E-state index in [1.807, 2.05) is 0 Å². The van der Waals surface area contributed by atoms with Crippen LogP contribution >= 0.6 is 11.3 Å². The summed E-state index contributed by atoms with van der Waals surface area (Å²) < 4.78 is 0. The van der Waals surface area contributed by atoms with Crippen LogP contribution in [-0.4, -0.2) is 16.1 Å². The summed E-state index contributed by atoms with van der Waals surface area (Å²) >= 11 is 1.45. The summed E-state index contributed by atoms with van der Waals surface area (Å²) in [5.41, 5.74) is 0. The van der Waals surface area contributed by atoms with Crippen LogP contribution in [0.5, 0.6) is 0 Å². The van der Waals surface area contributed by atoms with Crippen LogP contribution in [0.1, 0.15) is 32.2 Å². The molecule has 1 rings (SSSR count). The molecule has 1 aromatic heterocycles. The van der Waals surface area contributed by atoms with Crippen molar-refractivity contribution in [3.8, 4) is 0 Å². The molecule has 0 saturated heterocycles. The van der Waals surface area contributed by atoms with Crippen molar-refractivity contribution in [2.75, 3.05) is 5.32 Å². The second-order valence-electron chi connectivity index (χ2n) is 3.40. The molecule has 0 spiro atoms. The molecule has 0 aliphatic rings. The zero-order valence-electron chi connectivity index (χ0n) is 8.70. The van der Waals surface area contributed by atoms with Crippen LogP contribution in [0.4, 0.5) is 5.13 Å². The minimum absolute atomic E-state index is 0.101. The first-order valence-electron chi connectivity index (χ1n) is 4.71. The van der Waals surface area contributed by atoms with Crippen molar-refractivity contribution in [3.05, 3.63) is 5.01 Å². The molecule has 0 radical (unpaired) electrons. The lowest BCUT2D eigenvalue weighted by atomic mass is 10.1. The number of anilines is 1. The number of nitrogens with one attached hydrogen (secondary N) is 1. The number of rotatable bonds is 4. The molecule has 0 aliphatic heterocycles. The molecule has 1 N–H and O–H groups in total. The van der Waals surface area contributed by atoms with Gasteiger partial charge in [-0.15, -0.1) is 10.2 Å². The Morgan fingerprint density at radius 3 is 2.86 bits per heavy atom. The number of amides is 1. The molecular weight excluding hydrogens is 198 g/mol. The number of nitrogens with zero attached hydrogens (tertiary/aromatic N) is 2. The van der Waals surface area contributed by atoms with E-state index in [2.05, 4.69) is 29.4 Å². The molecule has 4 nitrogen and oxygen atoms in total. The van der Waals surface area contributed by atoms with Gasteiger partial charge in [0.1, 0.15) is 5.01 Å². The predicted molar refractivity (Wildman–Crippen MR) is 57.4 cm³/mol. The third kappa shape index (κ3) is 3.41. The van der Waals surface area contributed by atoms with Crippen LogP contribution in [0.15, 0.2) is 0 Å². The molecule has 0 aromatic carbocycles. The normalized spacial score (nSPS) is 12.5. The maximum absolute atomic E-state index is 10.7. The molecular formula is C9H15N3OS. The van der Waals surface area contributed by atoms with E-state index >= 15 is 0 Å². The average Bonchev–Trinajstić information content (AvgIpc) is 2.51. The van der Waals surface area contributed by atoms with Crippen molar-refractivity contribution in [1.82, 2.24) is 10.2 Å². The van der Waals surface area contributed by atoms with E-state index < -0.39 is 0 Å². The highest BCUT2D eigenvalue weighted by atomic mass is 32.1. The summed E-state index contributed by atoms with van der Waals surface area (Å²) in [7, 11) is 0. The van der Waals surface area contributed by atoms with Gasteiger partial charge in [-0.1, -0.05) is 31.6 Å². The zero-order chi connectivity index (χ0) is 10.6. The Morgan fingerprint density at radius 1 is 1.57 bits per heavy atom. The number of carbonyl (C=O) groups excluding carboxylic acids is 1. The molecule has 1 heterocycles. The summed E-state index contributed by atoms with van der Waals surface area (Å²) in [5, 5.41) is 12.1. The molecule has 5 heteroatoms. The monoisotopic (exact) mass is 213 g/mol. The van der Waals surface area contributed by atoms with E-state index in [0.29, 0.717) is 11.0 Å². The van der Waals surface area contributed by atoms with Gasteiger partial charge < -0.3 is 5.32 Å². The highest BCUT2D eigenvalue weighted by Gasteiger charge is 2.08. The van der Waals surface area contributed by atoms with Crippen LogP contribution in [0.3, 0.4) is 0 Å². The summed E-state index contributed by atoms with van der Waals surface area (Å²) in [5.74, 6) is 0.518. The Balaban J connectivity index is 2.54. The van der Waals surface area contributed by atoms with E-state index in [0.717, 1.165) is 17.8 Å². The van der Waals surface area contributed by atoms with Crippen molar-refractivity contribution in [3.63, 3.8) is 0 Å². The quantitative estimate of drug-likeness (QED) is 0.833. The van der Waals surface area contributed by atoms with Crippen LogP contribution in [0, 0.1) is 5.92 Å². The van der Waals surface area contributed by atoms with Crippen LogP contribution in [0.25, 0.3) is 0 Å². The Labute approximate surface area is 87.7 Å². The van der Waals surface area contributed by atoms with Gasteiger partial charge in [-0.05, 0) is 5.92 Å². The summed E-state index contributed by atoms with van der Waals surface area (Å²) in [6.07, 6.45) is 2.07. The van der Waals surface area contributed by atoms with E-state index in [1.54, 1.807) is 0 Å². The second kappa shape index (κ2) is 5.05. The lowest BCUT2D eigenvalue weighted by Crippen LogP contribution is -2.04. The van der Waals surface area contributed by atoms with Gasteiger partial charge in [0.05, 0.1) is 0 Å². The molecule has 1 atom stereocenters. The molecule has 14 heavy (non-hydrogen) atoms. The minimum Gasteiger partial charge on any atom is -0.301 e. The fraction of sp³-hybridized carbons (Fsp3) is 0.667. The fourth-order valence-electron chi connectivity index (χ4n) is 0.980. The fourth-order valence-corrected chi connectivity index (χ4v) is 1.93. The first-order chi connectivity index (χ1) is 6.61. The van der Waals surface area contributed by atoms with Crippen molar-refractivity contribution in [2.45, 2.75) is 33.6 Å². The molecule has 0 bridgehead atoms. The number of aromatic nitrogens is 2. The smallest absolute Gasteiger partial charge is 0.223 e. The number of carbonyl (C=O) groups is 1. The Bertz CT molecular complexity index is 311. The standard InChI is InChI=1S/C9H15N3OS/c1-4-6(2)5-8-11-12-9(14-8)10-7(3)13/h6H,4-5H2,1-3H3,(H,10,12,13). The van der Waals surface area contributed by atoms with Crippen LogP contribution in [0.2, 0.25) is 0 Å². The summed E-state index contributed by atoms with van der Waals surface area (Å²) in [4.78, 5) is 10.7. The van der Waals surface area contributed by atoms with Gasteiger partial charge in [-0.2, -0.15) is 0 Å². The summed E-state index contributed by atoms with van der Waals surface area (Å²) in [6.45, 7) is 5.80. The predicted octanol–water partition coefficient (Wildman–Crippen LogP) is 2.09. The second-order valence-corrected chi connectivity index (χ2v) is 4.46. The van der Waals surface area contributed by atoms with E-state index in [4.69, 9.17) is 0 Å². The topological polar surface area (TPSA) is 54.9 Å². The molecule has 0 aliphatic carbocycles. The van der Waals surface area contributed by atoms with E-state index in [9.17, 15) is 4.79 Å². The van der Waals surface area contributed by atoms with Crippen molar-refractivity contribution in [2.24, 2.45) is 5.92 Å². The zero-order valence-corrected chi connectivity index (χ0v) is 9.52. The largest absolute Gasteiger partial charge is 0.301 e. The van der Waals surface area contributed by atoms with Gasteiger partial charge in [0.2, 0.25) is 11.0 Å². The number of hydrogen-bond acceptors (Lipinski definition) is 4. The molecule has 1 unspecified atom stereocenters. The maximum Gasteiger partial charge on any atom is 0.223 e. The van der Waals surface area contributed by atoms with Gasteiger partial charge in [0.25, 0.3) is 0 Å². The van der Waals surface area contributed by atoms with Crippen molar-refractivity contribution >= 4 is 22.4 Å². The van der Waals surface area contributed by atoms with Crippen LogP contribution < -0.4 is 5.32 Å². The number of hydrogen-bond donors (Lipinski definition) is 1. The third-order valence-electron chi connectivity index (χ3n) is 1.97.